The fourth-order valence-corrected chi connectivity index (χ4v) is 2.88. The van der Waals surface area contributed by atoms with E-state index in [4.69, 9.17) is 5.73 Å². The molecule has 1 fully saturated rings. The largest absolute Gasteiger partial charge is 0.341 e. The van der Waals surface area contributed by atoms with Crippen LogP contribution in [0.2, 0.25) is 0 Å². The number of carbonyl (C=O) groups excluding carboxylic acids is 1. The van der Waals surface area contributed by atoms with Crippen LogP contribution in [-0.4, -0.2) is 40.0 Å². The molecule has 0 bridgehead atoms. The lowest BCUT2D eigenvalue weighted by atomic mass is 10.1. The molecule has 1 amide bonds. The summed E-state index contributed by atoms with van der Waals surface area (Å²) in [5.41, 5.74) is 7.64. The number of aryl methyl sites for hydroxylation is 1. The number of benzene rings is 1. The molecule has 1 aliphatic rings. The lowest BCUT2D eigenvalue weighted by Gasteiger charge is -2.17. The van der Waals surface area contributed by atoms with Crippen LogP contribution in [0.1, 0.15) is 12.2 Å². The summed E-state index contributed by atoms with van der Waals surface area (Å²) in [5.74, 6) is 1.50. The van der Waals surface area contributed by atoms with Gasteiger partial charge in [-0.2, -0.15) is 0 Å². The van der Waals surface area contributed by atoms with E-state index in [0.717, 1.165) is 36.4 Å². The molecule has 5 nitrogen and oxygen atoms in total. The molecule has 1 unspecified atom stereocenters. The van der Waals surface area contributed by atoms with Gasteiger partial charge in [0.2, 0.25) is 5.91 Å². The van der Waals surface area contributed by atoms with E-state index in [1.54, 1.807) is 0 Å². The minimum absolute atomic E-state index is 0.159. The SMILES string of the molecule is Cc1nc2ccccc2n1CC(=O)N1CCC(CN)C1. The fraction of sp³-hybridized carbons (Fsp3) is 0.467. The number of nitrogens with two attached hydrogens (primary N) is 1. The number of hydrogen-bond acceptors (Lipinski definition) is 3. The number of carbonyl (C=O) groups is 1. The van der Waals surface area contributed by atoms with E-state index in [0.29, 0.717) is 19.0 Å². The summed E-state index contributed by atoms with van der Waals surface area (Å²) >= 11 is 0. The van der Waals surface area contributed by atoms with Gasteiger partial charge < -0.3 is 15.2 Å². The Hall–Kier alpha value is -1.88. The molecule has 0 aliphatic carbocycles. The Morgan fingerprint density at radius 1 is 1.45 bits per heavy atom. The number of likely N-dealkylation sites (tertiary alicyclic amines) is 1. The maximum absolute atomic E-state index is 12.4. The molecule has 5 heteroatoms. The molecular weight excluding hydrogens is 252 g/mol. The second-order valence-corrected chi connectivity index (χ2v) is 5.46. The number of rotatable bonds is 3. The smallest absolute Gasteiger partial charge is 0.242 e. The third-order valence-corrected chi connectivity index (χ3v) is 4.11. The number of nitrogens with zero attached hydrogens (tertiary/aromatic N) is 3. The van der Waals surface area contributed by atoms with Crippen molar-refractivity contribution in [3.8, 4) is 0 Å². The monoisotopic (exact) mass is 272 g/mol. The Morgan fingerprint density at radius 3 is 3.00 bits per heavy atom. The first kappa shape index (κ1) is 13.1. The number of hydrogen-bond donors (Lipinski definition) is 1. The molecule has 3 rings (SSSR count). The molecule has 2 aromatic rings. The van der Waals surface area contributed by atoms with Crippen LogP contribution in [0.5, 0.6) is 0 Å². The van der Waals surface area contributed by atoms with Crippen molar-refractivity contribution in [2.45, 2.75) is 19.9 Å². The Kier molecular flexibility index (Phi) is 3.44. The topological polar surface area (TPSA) is 64.2 Å². The van der Waals surface area contributed by atoms with Crippen LogP contribution in [0, 0.1) is 12.8 Å². The average molecular weight is 272 g/mol. The maximum Gasteiger partial charge on any atom is 0.242 e. The number of para-hydroxylation sites is 2. The van der Waals surface area contributed by atoms with Crippen LogP contribution in [0.25, 0.3) is 11.0 Å². The van der Waals surface area contributed by atoms with Crippen LogP contribution in [-0.2, 0) is 11.3 Å². The van der Waals surface area contributed by atoms with E-state index in [1.807, 2.05) is 40.7 Å². The first-order valence-electron chi connectivity index (χ1n) is 7.08. The molecule has 1 aromatic carbocycles. The summed E-state index contributed by atoms with van der Waals surface area (Å²) in [6.07, 6.45) is 1.02. The molecule has 20 heavy (non-hydrogen) atoms. The maximum atomic E-state index is 12.4. The Bertz CT molecular complexity index is 634. The molecule has 0 radical (unpaired) electrons. The zero-order valence-corrected chi connectivity index (χ0v) is 11.7. The molecule has 2 N–H and O–H groups in total. The van der Waals surface area contributed by atoms with Gasteiger partial charge in [-0.15, -0.1) is 0 Å². The van der Waals surface area contributed by atoms with E-state index in [-0.39, 0.29) is 5.91 Å². The van der Waals surface area contributed by atoms with Crippen LogP contribution in [0.3, 0.4) is 0 Å². The van der Waals surface area contributed by atoms with E-state index < -0.39 is 0 Å². The van der Waals surface area contributed by atoms with Gasteiger partial charge in [-0.05, 0) is 37.9 Å². The highest BCUT2D eigenvalue weighted by atomic mass is 16.2. The molecule has 1 aromatic heterocycles. The Labute approximate surface area is 118 Å². The van der Waals surface area contributed by atoms with Gasteiger partial charge in [0.15, 0.2) is 0 Å². The quantitative estimate of drug-likeness (QED) is 0.911. The third kappa shape index (κ3) is 2.29. The Morgan fingerprint density at radius 2 is 2.25 bits per heavy atom. The van der Waals surface area contributed by atoms with E-state index in [1.165, 1.54) is 0 Å². The van der Waals surface area contributed by atoms with Crippen LogP contribution in [0.4, 0.5) is 0 Å². The summed E-state index contributed by atoms with van der Waals surface area (Å²) < 4.78 is 1.99. The lowest BCUT2D eigenvalue weighted by Crippen LogP contribution is -2.32. The van der Waals surface area contributed by atoms with Crippen molar-refractivity contribution in [2.75, 3.05) is 19.6 Å². The van der Waals surface area contributed by atoms with Crippen molar-refractivity contribution in [3.05, 3.63) is 30.1 Å². The molecule has 0 saturated carbocycles. The summed E-state index contributed by atoms with van der Waals surface area (Å²) in [6.45, 7) is 4.59. The number of imidazole rings is 1. The van der Waals surface area contributed by atoms with Crippen LogP contribution >= 0.6 is 0 Å². The molecule has 106 valence electrons. The van der Waals surface area contributed by atoms with Gasteiger partial charge in [0.1, 0.15) is 12.4 Å². The van der Waals surface area contributed by atoms with Gasteiger partial charge in [0.25, 0.3) is 0 Å². The van der Waals surface area contributed by atoms with Crippen LogP contribution in [0.15, 0.2) is 24.3 Å². The van der Waals surface area contributed by atoms with Crippen LogP contribution < -0.4 is 5.73 Å². The Balaban J connectivity index is 1.79. The molecule has 1 saturated heterocycles. The highest BCUT2D eigenvalue weighted by Gasteiger charge is 2.25. The van der Waals surface area contributed by atoms with Gasteiger partial charge >= 0.3 is 0 Å². The zero-order valence-electron chi connectivity index (χ0n) is 11.7. The van der Waals surface area contributed by atoms with Crippen molar-refractivity contribution in [2.24, 2.45) is 11.7 Å². The summed E-state index contributed by atoms with van der Waals surface area (Å²) in [7, 11) is 0. The van der Waals surface area contributed by atoms with Gasteiger partial charge in [-0.1, -0.05) is 12.1 Å². The van der Waals surface area contributed by atoms with Gasteiger partial charge in [-0.3, -0.25) is 4.79 Å². The van der Waals surface area contributed by atoms with E-state index >= 15 is 0 Å². The fourth-order valence-electron chi connectivity index (χ4n) is 2.88. The van der Waals surface area contributed by atoms with Crippen molar-refractivity contribution < 1.29 is 4.79 Å². The minimum atomic E-state index is 0.159. The predicted molar refractivity (Wildman–Crippen MR) is 78.2 cm³/mol. The van der Waals surface area contributed by atoms with Crippen molar-refractivity contribution in [1.29, 1.82) is 0 Å². The first-order valence-corrected chi connectivity index (χ1v) is 7.08. The molecular formula is C15H20N4O. The number of fused-ring (bicyclic) bond motifs is 1. The lowest BCUT2D eigenvalue weighted by molar-refractivity contribution is -0.130. The van der Waals surface area contributed by atoms with Gasteiger partial charge in [-0.25, -0.2) is 4.98 Å². The van der Waals surface area contributed by atoms with E-state index in [2.05, 4.69) is 4.98 Å². The highest BCUT2D eigenvalue weighted by molar-refractivity contribution is 5.81. The van der Waals surface area contributed by atoms with Crippen molar-refractivity contribution in [3.63, 3.8) is 0 Å². The number of amides is 1. The average Bonchev–Trinajstić information content (AvgIpc) is 3.04. The second-order valence-electron chi connectivity index (χ2n) is 5.46. The molecule has 1 atom stereocenters. The van der Waals surface area contributed by atoms with Gasteiger partial charge in [0.05, 0.1) is 11.0 Å². The standard InChI is InChI=1S/C15H20N4O/c1-11-17-13-4-2-3-5-14(13)19(11)10-15(20)18-7-6-12(8-16)9-18/h2-5,12H,6-10,16H2,1H3. The predicted octanol–water partition coefficient (Wildman–Crippen LogP) is 1.15. The normalized spacial score (nSPS) is 18.9. The van der Waals surface area contributed by atoms with Gasteiger partial charge in [0, 0.05) is 13.1 Å². The molecule has 0 spiro atoms. The number of aromatic nitrogens is 2. The van der Waals surface area contributed by atoms with E-state index in [9.17, 15) is 4.79 Å². The molecule has 1 aliphatic heterocycles. The third-order valence-electron chi connectivity index (χ3n) is 4.11. The van der Waals surface area contributed by atoms with Crippen molar-refractivity contribution in [1.82, 2.24) is 14.5 Å². The molecule has 2 heterocycles. The highest BCUT2D eigenvalue weighted by Crippen LogP contribution is 2.18. The second kappa shape index (κ2) is 5.25. The summed E-state index contributed by atoms with van der Waals surface area (Å²) in [5, 5.41) is 0. The first-order chi connectivity index (χ1) is 9.69. The minimum Gasteiger partial charge on any atom is -0.341 e. The van der Waals surface area contributed by atoms with Crippen molar-refractivity contribution >= 4 is 16.9 Å². The summed E-state index contributed by atoms with van der Waals surface area (Å²) in [4.78, 5) is 18.8. The summed E-state index contributed by atoms with van der Waals surface area (Å²) in [6, 6.07) is 7.93. The zero-order chi connectivity index (χ0) is 14.1.